The summed E-state index contributed by atoms with van der Waals surface area (Å²) in [5.74, 6) is 0.737. The first kappa shape index (κ1) is 32.9. The van der Waals surface area contributed by atoms with Crippen molar-refractivity contribution >= 4 is 11.9 Å². The number of esters is 2. The molecular weight excluding hydrogens is 524 g/mol. The second-order valence-electron chi connectivity index (χ2n) is 11.2. The number of ether oxygens (including phenoxy) is 3. The molecule has 0 aliphatic heterocycles. The molecule has 1 atom stereocenters. The third-order valence-electron chi connectivity index (χ3n) is 7.57. The molecule has 1 unspecified atom stereocenters. The minimum atomic E-state index is -0.454. The van der Waals surface area contributed by atoms with Crippen LogP contribution in [0.15, 0.2) is 72.8 Å². The van der Waals surface area contributed by atoms with Crippen LogP contribution < -0.4 is 9.47 Å². The summed E-state index contributed by atoms with van der Waals surface area (Å²) >= 11 is 0. The van der Waals surface area contributed by atoms with E-state index in [9.17, 15) is 9.59 Å². The van der Waals surface area contributed by atoms with Crippen LogP contribution in [0.2, 0.25) is 0 Å². The van der Waals surface area contributed by atoms with Gasteiger partial charge in [0.15, 0.2) is 0 Å². The number of unbranched alkanes of at least 4 members (excludes halogenated alkanes) is 9. The number of hydrogen-bond acceptors (Lipinski definition) is 5. The van der Waals surface area contributed by atoms with Gasteiger partial charge in [-0.05, 0) is 72.0 Å². The first-order valence-corrected chi connectivity index (χ1v) is 15.8. The standard InChI is InChI=1S/C37H48O5/c1-4-6-7-8-9-10-11-12-13-14-27-40-34-23-19-31(20-24-34)30-15-17-33(18-16-30)37(39)42-35-25-21-32(22-26-35)36(38)41-28-29(3)5-2/h15-26,29H,4-14,27-28H2,1-3H3. The van der Waals surface area contributed by atoms with Crippen LogP contribution in [0.25, 0.3) is 11.1 Å². The number of carbonyl (C=O) groups excluding carboxylic acids is 2. The Labute approximate surface area is 252 Å². The van der Waals surface area contributed by atoms with Crippen LogP contribution in [0.5, 0.6) is 11.5 Å². The first-order chi connectivity index (χ1) is 20.5. The van der Waals surface area contributed by atoms with E-state index in [1.54, 1.807) is 36.4 Å². The number of benzene rings is 3. The second kappa shape index (κ2) is 18.8. The van der Waals surface area contributed by atoms with Crippen molar-refractivity contribution in [2.45, 2.75) is 91.4 Å². The van der Waals surface area contributed by atoms with Crippen LogP contribution in [0, 0.1) is 5.92 Å². The van der Waals surface area contributed by atoms with Crippen molar-refractivity contribution in [1.29, 1.82) is 0 Å². The molecule has 5 nitrogen and oxygen atoms in total. The predicted molar refractivity (Wildman–Crippen MR) is 170 cm³/mol. The second-order valence-corrected chi connectivity index (χ2v) is 11.2. The van der Waals surface area contributed by atoms with Crippen LogP contribution in [-0.4, -0.2) is 25.2 Å². The summed E-state index contributed by atoms with van der Waals surface area (Å²) in [5, 5.41) is 0. The van der Waals surface area contributed by atoms with Gasteiger partial charge in [-0.3, -0.25) is 0 Å². The zero-order chi connectivity index (χ0) is 30.0. The lowest BCUT2D eigenvalue weighted by Crippen LogP contribution is -2.12. The molecule has 0 spiro atoms. The van der Waals surface area contributed by atoms with Gasteiger partial charge >= 0.3 is 11.9 Å². The third kappa shape index (κ3) is 11.7. The maximum Gasteiger partial charge on any atom is 0.343 e. The normalized spacial score (nSPS) is 11.6. The highest BCUT2D eigenvalue weighted by atomic mass is 16.5. The molecule has 0 bridgehead atoms. The SMILES string of the molecule is CCCCCCCCCCCCOc1ccc(-c2ccc(C(=O)Oc3ccc(C(=O)OCC(C)CC)cc3)cc2)cc1. The van der Waals surface area contributed by atoms with E-state index < -0.39 is 5.97 Å². The van der Waals surface area contributed by atoms with Crippen LogP contribution in [-0.2, 0) is 4.74 Å². The topological polar surface area (TPSA) is 61.8 Å². The van der Waals surface area contributed by atoms with Crippen molar-refractivity contribution in [3.8, 4) is 22.6 Å². The lowest BCUT2D eigenvalue weighted by molar-refractivity contribution is 0.0447. The van der Waals surface area contributed by atoms with E-state index in [1.165, 1.54) is 57.8 Å². The maximum absolute atomic E-state index is 12.7. The van der Waals surface area contributed by atoms with Gasteiger partial charge in [0, 0.05) is 0 Å². The van der Waals surface area contributed by atoms with Crippen molar-refractivity contribution in [3.05, 3.63) is 83.9 Å². The van der Waals surface area contributed by atoms with Crippen LogP contribution in [0.3, 0.4) is 0 Å². The highest BCUT2D eigenvalue weighted by Gasteiger charge is 2.12. The minimum absolute atomic E-state index is 0.318. The van der Waals surface area contributed by atoms with Crippen LogP contribution >= 0.6 is 0 Å². The van der Waals surface area contributed by atoms with E-state index in [2.05, 4.69) is 13.8 Å². The minimum Gasteiger partial charge on any atom is -0.494 e. The molecule has 0 aromatic heterocycles. The molecule has 3 rings (SSSR count). The van der Waals surface area contributed by atoms with E-state index in [4.69, 9.17) is 14.2 Å². The molecule has 0 N–H and O–H groups in total. The Kier molecular flexibility index (Phi) is 14.7. The lowest BCUT2D eigenvalue weighted by Gasteiger charge is -2.10. The van der Waals surface area contributed by atoms with E-state index in [0.717, 1.165) is 36.3 Å². The van der Waals surface area contributed by atoms with Crippen molar-refractivity contribution in [3.63, 3.8) is 0 Å². The fourth-order valence-electron chi connectivity index (χ4n) is 4.57. The highest BCUT2D eigenvalue weighted by molar-refractivity contribution is 5.92. The van der Waals surface area contributed by atoms with Gasteiger partial charge in [-0.1, -0.05) is 109 Å². The summed E-state index contributed by atoms with van der Waals surface area (Å²) in [4.78, 5) is 24.8. The average Bonchev–Trinajstić information content (AvgIpc) is 3.03. The van der Waals surface area contributed by atoms with Crippen LogP contribution in [0.1, 0.15) is 112 Å². The summed E-state index contributed by atoms with van der Waals surface area (Å²) in [6.45, 7) is 7.49. The average molecular weight is 573 g/mol. The largest absolute Gasteiger partial charge is 0.494 e. The Hall–Kier alpha value is -3.60. The molecule has 0 fully saturated rings. The van der Waals surface area contributed by atoms with Gasteiger partial charge in [0.05, 0.1) is 24.3 Å². The Morgan fingerprint density at radius 1 is 0.595 bits per heavy atom. The molecule has 226 valence electrons. The molecule has 3 aromatic carbocycles. The Bertz CT molecular complexity index is 1180. The summed E-state index contributed by atoms with van der Waals surface area (Å²) in [6.07, 6.45) is 14.1. The van der Waals surface area contributed by atoms with Gasteiger partial charge in [-0.15, -0.1) is 0 Å². The van der Waals surface area contributed by atoms with Gasteiger partial charge in [0.2, 0.25) is 0 Å². The number of hydrogen-bond donors (Lipinski definition) is 0. The zero-order valence-corrected chi connectivity index (χ0v) is 25.7. The van der Waals surface area contributed by atoms with Gasteiger partial charge in [-0.2, -0.15) is 0 Å². The highest BCUT2D eigenvalue weighted by Crippen LogP contribution is 2.24. The van der Waals surface area contributed by atoms with Gasteiger partial charge < -0.3 is 14.2 Å². The molecule has 42 heavy (non-hydrogen) atoms. The summed E-state index contributed by atoms with van der Waals surface area (Å²) in [5.41, 5.74) is 2.94. The monoisotopic (exact) mass is 572 g/mol. The van der Waals surface area contributed by atoms with Crippen molar-refractivity contribution < 1.29 is 23.8 Å². The van der Waals surface area contributed by atoms with Crippen molar-refractivity contribution in [2.75, 3.05) is 13.2 Å². The molecule has 5 heteroatoms. The van der Waals surface area contributed by atoms with E-state index >= 15 is 0 Å². The quantitative estimate of drug-likeness (QED) is 0.0812. The first-order valence-electron chi connectivity index (χ1n) is 15.8. The van der Waals surface area contributed by atoms with Gasteiger partial charge in [0.1, 0.15) is 11.5 Å². The summed E-state index contributed by atoms with van der Waals surface area (Å²) in [7, 11) is 0. The summed E-state index contributed by atoms with van der Waals surface area (Å²) in [6, 6.07) is 21.8. The fourth-order valence-corrected chi connectivity index (χ4v) is 4.57. The maximum atomic E-state index is 12.7. The lowest BCUT2D eigenvalue weighted by atomic mass is 10.0. The Morgan fingerprint density at radius 2 is 1.07 bits per heavy atom. The molecule has 0 heterocycles. The number of carbonyl (C=O) groups is 2. The molecule has 0 radical (unpaired) electrons. The summed E-state index contributed by atoms with van der Waals surface area (Å²) < 4.78 is 16.8. The smallest absolute Gasteiger partial charge is 0.343 e. The predicted octanol–water partition coefficient (Wildman–Crippen LogP) is 10.1. The molecule has 0 amide bonds. The molecular formula is C37H48O5. The Balaban J connectivity index is 1.38. The third-order valence-corrected chi connectivity index (χ3v) is 7.57. The van der Waals surface area contributed by atoms with Gasteiger partial charge in [-0.25, -0.2) is 9.59 Å². The molecule has 0 aliphatic carbocycles. The van der Waals surface area contributed by atoms with E-state index in [1.807, 2.05) is 43.3 Å². The van der Waals surface area contributed by atoms with E-state index in [-0.39, 0.29) is 5.97 Å². The zero-order valence-electron chi connectivity index (χ0n) is 25.7. The van der Waals surface area contributed by atoms with Gasteiger partial charge in [0.25, 0.3) is 0 Å². The molecule has 0 saturated heterocycles. The molecule has 0 saturated carbocycles. The number of rotatable bonds is 19. The van der Waals surface area contributed by atoms with E-state index in [0.29, 0.717) is 29.4 Å². The molecule has 3 aromatic rings. The van der Waals surface area contributed by atoms with Crippen molar-refractivity contribution in [2.24, 2.45) is 5.92 Å². The van der Waals surface area contributed by atoms with Crippen LogP contribution in [0.4, 0.5) is 0 Å². The fraction of sp³-hybridized carbons (Fsp3) is 0.459. The molecule has 0 aliphatic rings. The van der Waals surface area contributed by atoms with Crippen molar-refractivity contribution in [1.82, 2.24) is 0 Å². The Morgan fingerprint density at radius 3 is 1.64 bits per heavy atom.